The largest absolute Gasteiger partial charge is 0.494 e. The number of benzene rings is 1. The van der Waals surface area contributed by atoms with Gasteiger partial charge in [-0.1, -0.05) is 13.3 Å². The Labute approximate surface area is 181 Å². The summed E-state index contributed by atoms with van der Waals surface area (Å²) < 4.78 is 31.8. The summed E-state index contributed by atoms with van der Waals surface area (Å²) in [5.41, 5.74) is -4.77. The molecule has 0 radical (unpaired) electrons. The molecule has 31 heavy (non-hydrogen) atoms. The molecular formula is C20H28N2O8S. The highest BCUT2D eigenvalue weighted by atomic mass is 32.2. The van der Waals surface area contributed by atoms with Crippen LogP contribution >= 0.6 is 0 Å². The number of hydrogen-bond donors (Lipinski definition) is 2. The number of imide groups is 1. The smallest absolute Gasteiger partial charge is 0.359 e. The number of carbonyl (C=O) groups is 3. The molecule has 2 atom stereocenters. The molecular weight excluding hydrogens is 428 g/mol. The van der Waals surface area contributed by atoms with E-state index in [9.17, 15) is 33.0 Å². The summed E-state index contributed by atoms with van der Waals surface area (Å²) in [7, 11) is -3.21. The van der Waals surface area contributed by atoms with Gasteiger partial charge >= 0.3 is 12.0 Å². The van der Waals surface area contributed by atoms with Crippen LogP contribution in [0.5, 0.6) is 5.75 Å². The van der Waals surface area contributed by atoms with Gasteiger partial charge in [0.25, 0.3) is 11.6 Å². The molecule has 0 aromatic heterocycles. The van der Waals surface area contributed by atoms with Gasteiger partial charge in [0.05, 0.1) is 11.5 Å². The van der Waals surface area contributed by atoms with Gasteiger partial charge in [-0.15, -0.1) is 0 Å². The first kappa shape index (κ1) is 24.6. The predicted octanol–water partition coefficient (Wildman–Crippen LogP) is 1.47. The zero-order chi connectivity index (χ0) is 23.8. The second-order valence-electron chi connectivity index (χ2n) is 7.93. The molecule has 1 saturated heterocycles. The molecule has 1 aromatic rings. The predicted molar refractivity (Wildman–Crippen MR) is 110 cm³/mol. The van der Waals surface area contributed by atoms with Crippen LogP contribution in [0.3, 0.4) is 0 Å². The summed E-state index contributed by atoms with van der Waals surface area (Å²) in [6, 6.07) is 4.16. The highest BCUT2D eigenvalue weighted by Gasteiger charge is 2.64. The molecule has 0 saturated carbocycles. The van der Waals surface area contributed by atoms with Crippen LogP contribution in [0.4, 0.5) is 4.79 Å². The Hall–Kier alpha value is -2.66. The second-order valence-corrected chi connectivity index (χ2v) is 10.2. The summed E-state index contributed by atoms with van der Waals surface area (Å²) in [6.45, 7) is 6.14. The van der Waals surface area contributed by atoms with Gasteiger partial charge in [-0.3, -0.25) is 4.79 Å². The van der Waals surface area contributed by atoms with Crippen LogP contribution in [-0.4, -0.2) is 76.5 Å². The number of carbonyl (C=O) groups excluding carboxylic acids is 2. The molecule has 1 aromatic carbocycles. The molecule has 0 aliphatic carbocycles. The van der Waals surface area contributed by atoms with Gasteiger partial charge in [-0.2, -0.15) is 0 Å². The number of rotatable bonds is 9. The van der Waals surface area contributed by atoms with Gasteiger partial charge in [-0.05, 0) is 51.5 Å². The Balaban J connectivity index is 2.45. The van der Waals surface area contributed by atoms with Crippen LogP contribution in [0.2, 0.25) is 0 Å². The molecule has 1 aliphatic heterocycles. The number of carboxylic acids is 1. The summed E-state index contributed by atoms with van der Waals surface area (Å²) >= 11 is 0. The third kappa shape index (κ3) is 3.99. The van der Waals surface area contributed by atoms with Gasteiger partial charge in [-0.25, -0.2) is 22.9 Å². The third-order valence-electron chi connectivity index (χ3n) is 5.65. The average molecular weight is 457 g/mol. The van der Waals surface area contributed by atoms with E-state index < -0.39 is 44.3 Å². The fourth-order valence-electron chi connectivity index (χ4n) is 3.13. The molecule has 0 bridgehead atoms. The molecule has 10 nitrogen and oxygen atoms in total. The number of likely N-dealkylation sites (N-methyl/N-ethyl adjacent to an activating group) is 1. The first-order valence-corrected chi connectivity index (χ1v) is 11.3. The highest BCUT2D eigenvalue weighted by molar-refractivity contribution is 7.92. The fraction of sp³-hybridized carbons (Fsp3) is 0.550. The van der Waals surface area contributed by atoms with Gasteiger partial charge in [0.1, 0.15) is 16.5 Å². The summed E-state index contributed by atoms with van der Waals surface area (Å²) in [5.74, 6) is -2.62. The first-order valence-electron chi connectivity index (χ1n) is 9.79. The molecule has 172 valence electrons. The summed E-state index contributed by atoms with van der Waals surface area (Å²) in [4.78, 5) is 38.2. The lowest BCUT2D eigenvalue weighted by Gasteiger charge is -2.35. The van der Waals surface area contributed by atoms with Gasteiger partial charge in [0, 0.05) is 7.05 Å². The molecule has 2 N–H and O–H groups in total. The molecule has 1 heterocycles. The van der Waals surface area contributed by atoms with Gasteiger partial charge in [0.2, 0.25) is 0 Å². The van der Waals surface area contributed by atoms with E-state index in [0.29, 0.717) is 12.4 Å². The molecule has 1 fully saturated rings. The van der Waals surface area contributed by atoms with Crippen molar-refractivity contribution in [3.8, 4) is 5.75 Å². The minimum atomic E-state index is -4.47. The van der Waals surface area contributed by atoms with Crippen LogP contribution in [0.25, 0.3) is 0 Å². The standard InChI is InChI=1S/C20H28N2O8S/c1-6-7-12-30-14-8-10-15(11-9-14)31(28,29)13(2)20(27,17(24)25)22-16(23)19(3,4)21(5)18(22)26/h8-11,13,27H,6-7,12H2,1-5H3,(H,24,25). The van der Waals surface area contributed by atoms with Crippen LogP contribution in [0, 0.1) is 0 Å². The van der Waals surface area contributed by atoms with E-state index in [1.165, 1.54) is 45.2 Å². The van der Waals surface area contributed by atoms with E-state index in [1.54, 1.807) is 0 Å². The Morgan fingerprint density at radius 2 is 1.77 bits per heavy atom. The number of aliphatic hydroxyl groups is 1. The first-order chi connectivity index (χ1) is 14.2. The number of amides is 3. The number of unbranched alkanes of at least 4 members (excludes halogenated alkanes) is 1. The van der Waals surface area contributed by atoms with Crippen molar-refractivity contribution in [1.29, 1.82) is 0 Å². The number of nitrogens with zero attached hydrogens (tertiary/aromatic N) is 2. The van der Waals surface area contributed by atoms with Crippen molar-refractivity contribution >= 4 is 27.7 Å². The number of aliphatic carboxylic acids is 1. The van der Waals surface area contributed by atoms with Crippen LogP contribution in [-0.2, 0) is 19.4 Å². The second kappa shape index (κ2) is 8.46. The van der Waals surface area contributed by atoms with Crippen LogP contribution in [0.1, 0.15) is 40.5 Å². The Morgan fingerprint density at radius 1 is 1.23 bits per heavy atom. The maximum absolute atomic E-state index is 13.1. The van der Waals surface area contributed by atoms with Crippen molar-refractivity contribution in [2.24, 2.45) is 0 Å². The zero-order valence-electron chi connectivity index (χ0n) is 18.2. The minimum absolute atomic E-state index is 0.111. The lowest BCUT2D eigenvalue weighted by Crippen LogP contribution is -2.65. The fourth-order valence-corrected chi connectivity index (χ4v) is 4.69. The van der Waals surface area contributed by atoms with Gasteiger partial charge < -0.3 is 19.8 Å². The molecule has 0 spiro atoms. The van der Waals surface area contributed by atoms with E-state index in [2.05, 4.69) is 0 Å². The minimum Gasteiger partial charge on any atom is -0.494 e. The quantitative estimate of drug-likeness (QED) is 0.420. The third-order valence-corrected chi connectivity index (χ3v) is 7.84. The summed E-state index contributed by atoms with van der Waals surface area (Å²) in [5, 5.41) is 18.7. The van der Waals surface area contributed by atoms with Crippen molar-refractivity contribution in [2.75, 3.05) is 13.7 Å². The van der Waals surface area contributed by atoms with Gasteiger partial charge in [0.15, 0.2) is 9.84 Å². The Morgan fingerprint density at radius 3 is 2.19 bits per heavy atom. The van der Waals surface area contributed by atoms with E-state index in [0.717, 1.165) is 24.7 Å². The van der Waals surface area contributed by atoms with Crippen molar-refractivity contribution in [1.82, 2.24) is 9.80 Å². The average Bonchev–Trinajstić information content (AvgIpc) is 2.87. The maximum atomic E-state index is 13.1. The Bertz CT molecular complexity index is 973. The van der Waals surface area contributed by atoms with Crippen molar-refractivity contribution in [3.05, 3.63) is 24.3 Å². The zero-order valence-corrected chi connectivity index (χ0v) is 19.0. The number of hydrogen-bond acceptors (Lipinski definition) is 7. The maximum Gasteiger partial charge on any atom is 0.359 e. The number of carboxylic acid groups (broad SMARTS) is 1. The van der Waals surface area contributed by atoms with E-state index in [1.807, 2.05) is 6.92 Å². The normalized spacial score (nSPS) is 19.3. The molecule has 3 amide bonds. The number of ether oxygens (including phenoxy) is 1. The monoisotopic (exact) mass is 456 g/mol. The van der Waals surface area contributed by atoms with E-state index in [-0.39, 0.29) is 9.80 Å². The molecule has 2 unspecified atom stereocenters. The topological polar surface area (TPSA) is 142 Å². The van der Waals surface area contributed by atoms with Crippen LogP contribution in [0.15, 0.2) is 29.2 Å². The SMILES string of the molecule is CCCCOc1ccc(S(=O)(=O)C(C)C(O)(C(=O)O)N2C(=O)N(C)C(C)(C)C2=O)cc1. The number of sulfone groups is 1. The lowest BCUT2D eigenvalue weighted by atomic mass is 10.0. The molecule has 2 rings (SSSR count). The van der Waals surface area contributed by atoms with E-state index >= 15 is 0 Å². The Kier molecular flexibility index (Phi) is 6.72. The molecule has 1 aliphatic rings. The van der Waals surface area contributed by atoms with Crippen LogP contribution < -0.4 is 4.74 Å². The van der Waals surface area contributed by atoms with Crippen molar-refractivity contribution < 1.29 is 37.8 Å². The van der Waals surface area contributed by atoms with E-state index in [4.69, 9.17) is 4.74 Å². The summed E-state index contributed by atoms with van der Waals surface area (Å²) in [6.07, 6.45) is 1.75. The van der Waals surface area contributed by atoms with Crippen molar-refractivity contribution in [3.63, 3.8) is 0 Å². The highest BCUT2D eigenvalue weighted by Crippen LogP contribution is 2.36. The lowest BCUT2D eigenvalue weighted by molar-refractivity contribution is -0.180. The molecule has 11 heteroatoms. The van der Waals surface area contributed by atoms with Crippen molar-refractivity contribution in [2.45, 2.75) is 61.9 Å². The number of urea groups is 1.